The van der Waals surface area contributed by atoms with Crippen molar-refractivity contribution in [2.75, 3.05) is 12.3 Å². The monoisotopic (exact) mass is 412 g/mol. The van der Waals surface area contributed by atoms with Crippen LogP contribution in [0.2, 0.25) is 0 Å². The van der Waals surface area contributed by atoms with Gasteiger partial charge in [-0.05, 0) is 24.6 Å². The standard InChI is InChI=1S/C17H24N4O6S/c1-9(18)15(24)19-7-14(23)20-12(6-10-2-4-11(22)5-3-10)16(25)21-13(8-28)17(26)27/h2-5,9,12-13,22,28H,6-8,18H2,1H3,(H,19,24)(H,20,23)(H,21,25)(H,26,27). The maximum Gasteiger partial charge on any atom is 0.327 e. The molecule has 0 saturated carbocycles. The topological polar surface area (TPSA) is 171 Å². The minimum Gasteiger partial charge on any atom is -0.508 e. The van der Waals surface area contributed by atoms with Gasteiger partial charge in [-0.15, -0.1) is 0 Å². The number of aliphatic carboxylic acids is 1. The number of carbonyl (C=O) groups excluding carboxylic acids is 3. The van der Waals surface area contributed by atoms with E-state index in [1.165, 1.54) is 19.1 Å². The lowest BCUT2D eigenvalue weighted by Crippen LogP contribution is -2.54. The molecule has 1 aromatic carbocycles. The maximum atomic E-state index is 12.5. The second-order valence-electron chi connectivity index (χ2n) is 6.08. The van der Waals surface area contributed by atoms with Crippen LogP contribution < -0.4 is 21.7 Å². The SMILES string of the molecule is CC(N)C(=O)NCC(=O)NC(Cc1ccc(O)cc1)C(=O)NC(CS)C(=O)O. The van der Waals surface area contributed by atoms with Gasteiger partial charge in [0.15, 0.2) is 0 Å². The lowest BCUT2D eigenvalue weighted by Gasteiger charge is -2.21. The van der Waals surface area contributed by atoms with Gasteiger partial charge in [-0.1, -0.05) is 12.1 Å². The molecule has 0 aliphatic carbocycles. The first-order chi connectivity index (χ1) is 13.1. The van der Waals surface area contributed by atoms with Gasteiger partial charge in [0.2, 0.25) is 17.7 Å². The van der Waals surface area contributed by atoms with Crippen LogP contribution >= 0.6 is 12.6 Å². The third kappa shape index (κ3) is 7.84. The Morgan fingerprint density at radius 1 is 1.07 bits per heavy atom. The molecule has 3 amide bonds. The van der Waals surface area contributed by atoms with E-state index in [1.807, 2.05) is 0 Å². The Hall–Kier alpha value is -2.79. The van der Waals surface area contributed by atoms with Crippen LogP contribution in [0.5, 0.6) is 5.75 Å². The highest BCUT2D eigenvalue weighted by Gasteiger charge is 2.26. The molecule has 0 fully saturated rings. The molecule has 0 aliphatic heterocycles. The average molecular weight is 412 g/mol. The van der Waals surface area contributed by atoms with Gasteiger partial charge in [-0.3, -0.25) is 14.4 Å². The third-order valence-electron chi connectivity index (χ3n) is 3.66. The van der Waals surface area contributed by atoms with E-state index in [4.69, 9.17) is 10.8 Å². The Morgan fingerprint density at radius 3 is 2.18 bits per heavy atom. The summed E-state index contributed by atoms with van der Waals surface area (Å²) in [5.41, 5.74) is 6.01. The number of nitrogens with two attached hydrogens (primary N) is 1. The molecule has 3 unspecified atom stereocenters. The number of thiol groups is 1. The highest BCUT2D eigenvalue weighted by Crippen LogP contribution is 2.11. The molecule has 0 saturated heterocycles. The summed E-state index contributed by atoms with van der Waals surface area (Å²) >= 11 is 3.88. The molecule has 11 heteroatoms. The van der Waals surface area contributed by atoms with E-state index in [-0.39, 0.29) is 17.9 Å². The summed E-state index contributed by atoms with van der Waals surface area (Å²) in [6.07, 6.45) is 0.0397. The summed E-state index contributed by atoms with van der Waals surface area (Å²) < 4.78 is 0. The molecule has 28 heavy (non-hydrogen) atoms. The molecule has 3 atom stereocenters. The predicted octanol–water partition coefficient (Wildman–Crippen LogP) is -1.62. The van der Waals surface area contributed by atoms with Crippen molar-refractivity contribution in [3.63, 3.8) is 0 Å². The van der Waals surface area contributed by atoms with E-state index >= 15 is 0 Å². The van der Waals surface area contributed by atoms with Gasteiger partial charge in [0.1, 0.15) is 17.8 Å². The summed E-state index contributed by atoms with van der Waals surface area (Å²) in [7, 11) is 0. The minimum absolute atomic E-state index is 0.0356. The zero-order valence-electron chi connectivity index (χ0n) is 15.2. The third-order valence-corrected chi connectivity index (χ3v) is 4.03. The average Bonchev–Trinajstić information content (AvgIpc) is 2.64. The van der Waals surface area contributed by atoms with Crippen molar-refractivity contribution in [3.05, 3.63) is 29.8 Å². The van der Waals surface area contributed by atoms with Crippen LogP contribution in [0.4, 0.5) is 0 Å². The number of aromatic hydroxyl groups is 1. The van der Waals surface area contributed by atoms with Gasteiger partial charge in [0, 0.05) is 12.2 Å². The Labute approximate surface area is 167 Å². The molecule has 0 aromatic heterocycles. The van der Waals surface area contributed by atoms with Crippen molar-refractivity contribution >= 4 is 36.3 Å². The molecular formula is C17H24N4O6S. The van der Waals surface area contributed by atoms with Crippen LogP contribution in [-0.4, -0.2) is 64.3 Å². The first kappa shape index (κ1) is 23.2. The Morgan fingerprint density at radius 2 is 1.68 bits per heavy atom. The highest BCUT2D eigenvalue weighted by molar-refractivity contribution is 7.80. The molecule has 0 radical (unpaired) electrons. The lowest BCUT2D eigenvalue weighted by atomic mass is 10.0. The molecule has 1 aromatic rings. The summed E-state index contributed by atoms with van der Waals surface area (Å²) in [4.78, 5) is 47.2. The van der Waals surface area contributed by atoms with E-state index < -0.39 is 48.4 Å². The predicted molar refractivity (Wildman–Crippen MR) is 104 cm³/mol. The van der Waals surface area contributed by atoms with Crippen molar-refractivity contribution < 1.29 is 29.4 Å². The second-order valence-corrected chi connectivity index (χ2v) is 6.44. The van der Waals surface area contributed by atoms with Crippen molar-refractivity contribution in [1.29, 1.82) is 0 Å². The second kappa shape index (κ2) is 11.1. The summed E-state index contributed by atoms with van der Waals surface area (Å²) in [6.45, 7) is 1.06. The summed E-state index contributed by atoms with van der Waals surface area (Å²) in [6, 6.07) is 2.83. The minimum atomic E-state index is -1.26. The van der Waals surface area contributed by atoms with Gasteiger partial charge in [0.25, 0.3) is 0 Å². The Bertz CT molecular complexity index is 710. The number of phenolic OH excluding ortho intramolecular Hbond substituents is 1. The van der Waals surface area contributed by atoms with Crippen molar-refractivity contribution in [1.82, 2.24) is 16.0 Å². The van der Waals surface area contributed by atoms with Crippen LogP contribution in [0, 0.1) is 0 Å². The quantitative estimate of drug-likeness (QED) is 0.226. The Kier molecular flexibility index (Phi) is 9.25. The number of carbonyl (C=O) groups is 4. The normalized spacial score (nSPS) is 13.7. The number of phenols is 1. The van der Waals surface area contributed by atoms with E-state index in [2.05, 4.69) is 28.6 Å². The fraction of sp³-hybridized carbons (Fsp3) is 0.412. The molecule has 0 heterocycles. The van der Waals surface area contributed by atoms with E-state index in [9.17, 15) is 24.3 Å². The fourth-order valence-corrected chi connectivity index (χ4v) is 2.36. The summed E-state index contributed by atoms with van der Waals surface area (Å²) in [5, 5.41) is 25.5. The van der Waals surface area contributed by atoms with Crippen molar-refractivity contribution in [3.8, 4) is 5.75 Å². The molecule has 0 spiro atoms. The zero-order chi connectivity index (χ0) is 21.3. The molecular weight excluding hydrogens is 388 g/mol. The van der Waals surface area contributed by atoms with Crippen molar-refractivity contribution in [2.45, 2.75) is 31.5 Å². The number of carboxylic acids is 1. The van der Waals surface area contributed by atoms with E-state index in [1.54, 1.807) is 12.1 Å². The Balaban J connectivity index is 2.85. The largest absolute Gasteiger partial charge is 0.508 e. The van der Waals surface area contributed by atoms with Gasteiger partial charge in [-0.25, -0.2) is 4.79 Å². The van der Waals surface area contributed by atoms with Crippen LogP contribution in [-0.2, 0) is 25.6 Å². The number of hydrogen-bond acceptors (Lipinski definition) is 7. The van der Waals surface area contributed by atoms with Crippen LogP contribution in [0.3, 0.4) is 0 Å². The number of carboxylic acid groups (broad SMARTS) is 1. The molecule has 0 bridgehead atoms. The maximum absolute atomic E-state index is 12.5. The fourth-order valence-electron chi connectivity index (χ4n) is 2.11. The smallest absolute Gasteiger partial charge is 0.327 e. The van der Waals surface area contributed by atoms with Crippen LogP contribution in [0.15, 0.2) is 24.3 Å². The first-order valence-electron chi connectivity index (χ1n) is 8.38. The highest BCUT2D eigenvalue weighted by atomic mass is 32.1. The molecule has 154 valence electrons. The van der Waals surface area contributed by atoms with E-state index in [0.29, 0.717) is 5.56 Å². The van der Waals surface area contributed by atoms with Crippen LogP contribution in [0.25, 0.3) is 0 Å². The zero-order valence-corrected chi connectivity index (χ0v) is 16.1. The van der Waals surface area contributed by atoms with Crippen LogP contribution in [0.1, 0.15) is 12.5 Å². The van der Waals surface area contributed by atoms with Gasteiger partial charge < -0.3 is 31.9 Å². The lowest BCUT2D eigenvalue weighted by molar-refractivity contribution is -0.141. The number of benzene rings is 1. The number of amides is 3. The number of hydrogen-bond donors (Lipinski definition) is 7. The molecule has 7 N–H and O–H groups in total. The van der Waals surface area contributed by atoms with Gasteiger partial charge in [-0.2, -0.15) is 12.6 Å². The van der Waals surface area contributed by atoms with E-state index in [0.717, 1.165) is 0 Å². The molecule has 1 rings (SSSR count). The first-order valence-corrected chi connectivity index (χ1v) is 9.01. The number of nitrogens with one attached hydrogen (secondary N) is 3. The van der Waals surface area contributed by atoms with Crippen molar-refractivity contribution in [2.24, 2.45) is 5.73 Å². The molecule has 0 aliphatic rings. The molecule has 10 nitrogen and oxygen atoms in total. The van der Waals surface area contributed by atoms with Gasteiger partial charge >= 0.3 is 5.97 Å². The number of rotatable bonds is 10. The van der Waals surface area contributed by atoms with Gasteiger partial charge in [0.05, 0.1) is 12.6 Å². The summed E-state index contributed by atoms with van der Waals surface area (Å²) in [5.74, 6) is -3.26.